The first-order valence-corrected chi connectivity index (χ1v) is 6.82. The maximum atomic E-state index is 11.9. The van der Waals surface area contributed by atoms with Crippen LogP contribution in [0, 0.1) is 0 Å². The molecule has 0 aliphatic heterocycles. The van der Waals surface area contributed by atoms with Crippen molar-refractivity contribution < 1.29 is 9.53 Å². The third-order valence-corrected chi connectivity index (χ3v) is 3.73. The molecule has 0 saturated carbocycles. The molecular weight excluding hydrogens is 224 g/mol. The van der Waals surface area contributed by atoms with Crippen molar-refractivity contribution >= 4 is 5.78 Å². The van der Waals surface area contributed by atoms with Gasteiger partial charge in [0.2, 0.25) is 0 Å². The number of Topliss-reactive ketones (excluding diaryl/α,β-unsaturated/α-hetero) is 1. The second-order valence-electron chi connectivity index (χ2n) is 5.11. The van der Waals surface area contributed by atoms with Crippen LogP contribution >= 0.6 is 0 Å². The molecular formula is C16H18O2. The maximum Gasteiger partial charge on any atom is 0.163 e. The fraction of sp³-hybridized carbons (Fsp3) is 0.438. The molecule has 1 aromatic carbocycles. The van der Waals surface area contributed by atoms with Crippen molar-refractivity contribution in [2.45, 2.75) is 44.6 Å². The van der Waals surface area contributed by atoms with E-state index in [9.17, 15) is 4.79 Å². The normalized spacial score (nSPS) is 22.7. The van der Waals surface area contributed by atoms with Crippen LogP contribution < -0.4 is 4.74 Å². The first kappa shape index (κ1) is 11.5. The lowest BCUT2D eigenvalue weighted by atomic mass is 9.90. The van der Waals surface area contributed by atoms with Gasteiger partial charge in [-0.2, -0.15) is 0 Å². The van der Waals surface area contributed by atoms with Crippen molar-refractivity contribution in [2.75, 3.05) is 0 Å². The van der Waals surface area contributed by atoms with Crippen LogP contribution in [0.4, 0.5) is 0 Å². The molecule has 3 rings (SSSR count). The maximum absolute atomic E-state index is 11.9. The van der Waals surface area contributed by atoms with Crippen molar-refractivity contribution in [2.24, 2.45) is 0 Å². The van der Waals surface area contributed by atoms with E-state index in [1.807, 2.05) is 18.2 Å². The minimum absolute atomic E-state index is 0.176. The molecule has 0 amide bonds. The number of hydrogen-bond donors (Lipinski definition) is 0. The summed E-state index contributed by atoms with van der Waals surface area (Å²) < 4.78 is 5.93. The Balaban J connectivity index is 1.81. The van der Waals surface area contributed by atoms with Gasteiger partial charge in [-0.15, -0.1) is 0 Å². The number of aryl methyl sites for hydroxylation is 1. The van der Waals surface area contributed by atoms with Crippen molar-refractivity contribution in [3.8, 4) is 5.75 Å². The predicted octanol–water partition coefficient (Wildman–Crippen LogP) is 3.69. The molecule has 0 radical (unpaired) electrons. The Bertz CT molecular complexity index is 488. The molecule has 0 aromatic heterocycles. The molecule has 1 aromatic rings. The van der Waals surface area contributed by atoms with E-state index in [2.05, 4.69) is 12.2 Å². The monoisotopic (exact) mass is 242 g/mol. The number of hydrogen-bond acceptors (Lipinski definition) is 2. The molecule has 18 heavy (non-hydrogen) atoms. The summed E-state index contributed by atoms with van der Waals surface area (Å²) in [6.07, 6.45) is 10.6. The topological polar surface area (TPSA) is 26.3 Å². The van der Waals surface area contributed by atoms with Crippen LogP contribution in [0.1, 0.15) is 48.0 Å². The number of allylic oxidation sites excluding steroid dienone is 1. The standard InChI is InChI=1S/C16H18O2/c17-16-8-4-5-12-9-10-14(11-15(12)16)18-13-6-2-1-3-7-13/h2,6,9-11,13H,1,3-5,7-8H2. The van der Waals surface area contributed by atoms with E-state index in [-0.39, 0.29) is 11.9 Å². The van der Waals surface area contributed by atoms with E-state index in [4.69, 9.17) is 4.74 Å². The summed E-state index contributed by atoms with van der Waals surface area (Å²) in [5, 5.41) is 0. The number of benzene rings is 1. The predicted molar refractivity (Wildman–Crippen MR) is 71.1 cm³/mol. The van der Waals surface area contributed by atoms with E-state index in [0.29, 0.717) is 6.42 Å². The number of fused-ring (bicyclic) bond motifs is 1. The Morgan fingerprint density at radius 2 is 2.11 bits per heavy atom. The second kappa shape index (κ2) is 4.97. The highest BCUT2D eigenvalue weighted by Crippen LogP contribution is 2.27. The summed E-state index contributed by atoms with van der Waals surface area (Å²) in [7, 11) is 0. The van der Waals surface area contributed by atoms with Gasteiger partial charge in [0, 0.05) is 12.0 Å². The summed E-state index contributed by atoms with van der Waals surface area (Å²) in [5.41, 5.74) is 2.05. The lowest BCUT2D eigenvalue weighted by Crippen LogP contribution is -2.17. The minimum Gasteiger partial charge on any atom is -0.486 e. The number of carbonyl (C=O) groups is 1. The van der Waals surface area contributed by atoms with E-state index in [1.54, 1.807) is 0 Å². The third kappa shape index (κ3) is 2.33. The average Bonchev–Trinajstić information content (AvgIpc) is 2.41. The summed E-state index contributed by atoms with van der Waals surface area (Å²) in [6, 6.07) is 5.98. The molecule has 2 nitrogen and oxygen atoms in total. The molecule has 0 fully saturated rings. The molecule has 0 heterocycles. The Morgan fingerprint density at radius 3 is 2.94 bits per heavy atom. The second-order valence-corrected chi connectivity index (χ2v) is 5.11. The largest absolute Gasteiger partial charge is 0.486 e. The minimum atomic E-state index is 0.176. The van der Waals surface area contributed by atoms with Gasteiger partial charge < -0.3 is 4.74 Å². The smallest absolute Gasteiger partial charge is 0.163 e. The summed E-state index contributed by atoms with van der Waals surface area (Å²) >= 11 is 0. The van der Waals surface area contributed by atoms with Crippen molar-refractivity contribution in [1.82, 2.24) is 0 Å². The van der Waals surface area contributed by atoms with Crippen LogP contribution in [-0.4, -0.2) is 11.9 Å². The van der Waals surface area contributed by atoms with Crippen molar-refractivity contribution in [3.63, 3.8) is 0 Å². The van der Waals surface area contributed by atoms with Gasteiger partial charge in [-0.25, -0.2) is 0 Å². The van der Waals surface area contributed by atoms with Crippen LogP contribution in [0.25, 0.3) is 0 Å². The van der Waals surface area contributed by atoms with Gasteiger partial charge in [0.05, 0.1) is 0 Å². The number of carbonyl (C=O) groups excluding carboxylic acids is 1. The Kier molecular flexibility index (Phi) is 3.18. The van der Waals surface area contributed by atoms with E-state index >= 15 is 0 Å². The van der Waals surface area contributed by atoms with Crippen LogP contribution in [0.5, 0.6) is 5.75 Å². The lowest BCUT2D eigenvalue weighted by molar-refractivity contribution is 0.0971. The Labute approximate surface area is 108 Å². The zero-order chi connectivity index (χ0) is 12.4. The van der Waals surface area contributed by atoms with E-state index in [0.717, 1.165) is 37.0 Å². The zero-order valence-corrected chi connectivity index (χ0v) is 10.5. The van der Waals surface area contributed by atoms with Crippen LogP contribution in [0.3, 0.4) is 0 Å². The highest BCUT2D eigenvalue weighted by Gasteiger charge is 2.18. The van der Waals surface area contributed by atoms with Gasteiger partial charge >= 0.3 is 0 Å². The van der Waals surface area contributed by atoms with Gasteiger partial charge in [-0.1, -0.05) is 12.1 Å². The third-order valence-electron chi connectivity index (χ3n) is 3.73. The molecule has 2 aliphatic carbocycles. The molecule has 0 bridgehead atoms. The molecule has 94 valence electrons. The number of ether oxygens (including phenoxy) is 1. The SMILES string of the molecule is O=C1CCCc2ccc(OC3C=CCCC3)cc21. The summed E-state index contributed by atoms with van der Waals surface area (Å²) in [5.74, 6) is 1.10. The van der Waals surface area contributed by atoms with Crippen molar-refractivity contribution in [3.05, 3.63) is 41.5 Å². The zero-order valence-electron chi connectivity index (χ0n) is 10.5. The van der Waals surface area contributed by atoms with Gasteiger partial charge in [-0.3, -0.25) is 4.79 Å². The van der Waals surface area contributed by atoms with Crippen LogP contribution in [-0.2, 0) is 6.42 Å². The molecule has 1 unspecified atom stereocenters. The fourth-order valence-corrected chi connectivity index (χ4v) is 2.73. The average molecular weight is 242 g/mol. The summed E-state index contributed by atoms with van der Waals surface area (Å²) in [4.78, 5) is 11.9. The molecule has 0 N–H and O–H groups in total. The lowest BCUT2D eigenvalue weighted by Gasteiger charge is -2.20. The summed E-state index contributed by atoms with van der Waals surface area (Å²) in [6.45, 7) is 0. The van der Waals surface area contributed by atoms with Crippen LogP contribution in [0.15, 0.2) is 30.4 Å². The highest BCUT2D eigenvalue weighted by atomic mass is 16.5. The quantitative estimate of drug-likeness (QED) is 0.739. The first-order valence-electron chi connectivity index (χ1n) is 6.82. The van der Waals surface area contributed by atoms with Gasteiger partial charge in [0.25, 0.3) is 0 Å². The Hall–Kier alpha value is -1.57. The van der Waals surface area contributed by atoms with Crippen molar-refractivity contribution in [1.29, 1.82) is 0 Å². The Morgan fingerprint density at radius 1 is 1.17 bits per heavy atom. The van der Waals surface area contributed by atoms with E-state index in [1.165, 1.54) is 12.0 Å². The molecule has 0 spiro atoms. The van der Waals surface area contributed by atoms with Gasteiger partial charge in [-0.05, 0) is 55.9 Å². The fourth-order valence-electron chi connectivity index (χ4n) is 2.73. The van der Waals surface area contributed by atoms with Gasteiger partial charge in [0.15, 0.2) is 5.78 Å². The van der Waals surface area contributed by atoms with Crippen LogP contribution in [0.2, 0.25) is 0 Å². The first-order chi connectivity index (χ1) is 8.83. The molecule has 0 saturated heterocycles. The molecule has 1 atom stereocenters. The molecule has 2 aliphatic rings. The molecule has 2 heteroatoms. The number of ketones is 1. The highest BCUT2D eigenvalue weighted by molar-refractivity contribution is 5.98. The van der Waals surface area contributed by atoms with Gasteiger partial charge in [0.1, 0.15) is 11.9 Å². The van der Waals surface area contributed by atoms with E-state index < -0.39 is 0 Å². The number of rotatable bonds is 2.